The van der Waals surface area contributed by atoms with Crippen LogP contribution in [-0.4, -0.2) is 50.7 Å². The van der Waals surface area contributed by atoms with E-state index in [1.165, 1.54) is 0 Å². The topological polar surface area (TPSA) is 79.6 Å². The highest BCUT2D eigenvalue weighted by molar-refractivity contribution is 5.86. The Morgan fingerprint density at radius 1 is 1.37 bits per heavy atom. The maximum absolute atomic E-state index is 12.5. The van der Waals surface area contributed by atoms with Crippen molar-refractivity contribution in [2.24, 2.45) is 7.05 Å². The molecule has 27 heavy (non-hydrogen) atoms. The lowest BCUT2D eigenvalue weighted by Crippen LogP contribution is -2.53. The smallest absolute Gasteiger partial charge is 0.240 e. The van der Waals surface area contributed by atoms with E-state index in [0.717, 1.165) is 36.5 Å². The molecule has 7 heteroatoms. The summed E-state index contributed by atoms with van der Waals surface area (Å²) in [6, 6.07) is 7.99. The van der Waals surface area contributed by atoms with Crippen LogP contribution >= 0.6 is 0 Å². The molecule has 3 rings (SSSR count). The molecule has 1 fully saturated rings. The summed E-state index contributed by atoms with van der Waals surface area (Å²) >= 11 is 0. The average Bonchev–Trinajstić information content (AvgIpc) is 3.25. The van der Waals surface area contributed by atoms with E-state index >= 15 is 0 Å². The second kappa shape index (κ2) is 8.54. The van der Waals surface area contributed by atoms with Crippen molar-refractivity contribution < 1.29 is 14.6 Å². The number of carbonyl (C=O) groups excluding carboxylic acids is 1. The fourth-order valence-electron chi connectivity index (χ4n) is 3.48. The van der Waals surface area contributed by atoms with Gasteiger partial charge in [-0.25, -0.2) is 4.98 Å². The fourth-order valence-corrected chi connectivity index (χ4v) is 3.48. The van der Waals surface area contributed by atoms with Crippen molar-refractivity contribution in [2.45, 2.75) is 38.5 Å². The maximum Gasteiger partial charge on any atom is 0.240 e. The van der Waals surface area contributed by atoms with E-state index in [1.807, 2.05) is 49.0 Å². The van der Waals surface area contributed by atoms with E-state index in [9.17, 15) is 4.79 Å². The van der Waals surface area contributed by atoms with E-state index in [0.29, 0.717) is 19.7 Å². The summed E-state index contributed by atoms with van der Waals surface area (Å²) < 4.78 is 7.73. The number of carbonyl (C=O) groups is 1. The van der Waals surface area contributed by atoms with Crippen LogP contribution in [0.1, 0.15) is 31.2 Å². The Morgan fingerprint density at radius 3 is 2.81 bits per heavy atom. The van der Waals surface area contributed by atoms with Crippen molar-refractivity contribution in [2.75, 3.05) is 19.7 Å². The number of hydrogen-bond acceptors (Lipinski definition) is 5. The number of likely N-dealkylation sites (tertiary alicyclic amines) is 1. The van der Waals surface area contributed by atoms with E-state index in [-0.39, 0.29) is 12.5 Å². The number of amides is 1. The molecule has 1 aromatic heterocycles. The van der Waals surface area contributed by atoms with Gasteiger partial charge in [0.2, 0.25) is 5.91 Å². The number of aromatic nitrogens is 2. The van der Waals surface area contributed by atoms with Gasteiger partial charge in [-0.15, -0.1) is 0 Å². The van der Waals surface area contributed by atoms with Crippen LogP contribution in [0.3, 0.4) is 0 Å². The zero-order chi connectivity index (χ0) is 19.3. The van der Waals surface area contributed by atoms with Crippen LogP contribution in [0.15, 0.2) is 36.7 Å². The van der Waals surface area contributed by atoms with Crippen LogP contribution < -0.4 is 10.1 Å². The first kappa shape index (κ1) is 19.4. The van der Waals surface area contributed by atoms with Crippen LogP contribution in [-0.2, 0) is 25.0 Å². The highest BCUT2D eigenvalue weighted by atomic mass is 16.5. The first-order valence-electron chi connectivity index (χ1n) is 9.35. The highest BCUT2D eigenvalue weighted by Crippen LogP contribution is 2.31. The van der Waals surface area contributed by atoms with Crippen LogP contribution in [0.2, 0.25) is 0 Å². The molecule has 0 saturated carbocycles. The molecule has 0 spiro atoms. The molecule has 146 valence electrons. The number of benzene rings is 1. The zero-order valence-electron chi connectivity index (χ0n) is 16.0. The zero-order valence-corrected chi connectivity index (χ0v) is 16.0. The third-order valence-corrected chi connectivity index (χ3v) is 5.26. The van der Waals surface area contributed by atoms with Gasteiger partial charge >= 0.3 is 0 Å². The standard InChI is InChI=1S/C20H28N4O3/c1-20(19(26)22-10-13-25)8-3-11-24(20)14-16-4-6-17(7-5-16)27-15-18-21-9-12-23(18)2/h4-7,9,12,25H,3,8,10-11,13-15H2,1-2H3,(H,22,26). The average molecular weight is 372 g/mol. The number of rotatable bonds is 8. The summed E-state index contributed by atoms with van der Waals surface area (Å²) in [6.07, 6.45) is 5.47. The number of nitrogens with zero attached hydrogens (tertiary/aromatic N) is 3. The molecular weight excluding hydrogens is 344 g/mol. The summed E-state index contributed by atoms with van der Waals surface area (Å²) in [6.45, 7) is 4.27. The number of aliphatic hydroxyl groups excluding tert-OH is 1. The molecule has 0 radical (unpaired) electrons. The van der Waals surface area contributed by atoms with Crippen molar-refractivity contribution in [1.29, 1.82) is 0 Å². The van der Waals surface area contributed by atoms with Crippen molar-refractivity contribution >= 4 is 5.91 Å². The molecule has 2 heterocycles. The van der Waals surface area contributed by atoms with E-state index < -0.39 is 5.54 Å². The van der Waals surface area contributed by atoms with Gasteiger partial charge < -0.3 is 19.7 Å². The minimum absolute atomic E-state index is 0.0101. The maximum atomic E-state index is 12.5. The van der Waals surface area contributed by atoms with Crippen LogP contribution in [0.4, 0.5) is 0 Å². The summed E-state index contributed by atoms with van der Waals surface area (Å²) in [7, 11) is 1.94. The van der Waals surface area contributed by atoms with Gasteiger partial charge in [-0.1, -0.05) is 12.1 Å². The van der Waals surface area contributed by atoms with Crippen molar-refractivity contribution in [1.82, 2.24) is 19.8 Å². The molecule has 0 bridgehead atoms. The molecule has 2 N–H and O–H groups in total. The Kier molecular flexibility index (Phi) is 6.13. The minimum Gasteiger partial charge on any atom is -0.486 e. The molecular formula is C20H28N4O3. The monoisotopic (exact) mass is 372 g/mol. The van der Waals surface area contributed by atoms with Crippen molar-refractivity contribution in [3.63, 3.8) is 0 Å². The molecule has 1 unspecified atom stereocenters. The highest BCUT2D eigenvalue weighted by Gasteiger charge is 2.42. The fraction of sp³-hybridized carbons (Fsp3) is 0.500. The van der Waals surface area contributed by atoms with Gasteiger partial charge in [0.1, 0.15) is 18.2 Å². The van der Waals surface area contributed by atoms with Crippen molar-refractivity contribution in [3.8, 4) is 5.75 Å². The first-order chi connectivity index (χ1) is 13.0. The Morgan fingerprint density at radius 2 is 2.15 bits per heavy atom. The molecule has 1 saturated heterocycles. The van der Waals surface area contributed by atoms with E-state index in [4.69, 9.17) is 9.84 Å². The van der Waals surface area contributed by atoms with Gasteiger partial charge in [0.25, 0.3) is 0 Å². The lowest BCUT2D eigenvalue weighted by molar-refractivity contribution is -0.131. The third kappa shape index (κ3) is 4.48. The third-order valence-electron chi connectivity index (χ3n) is 5.26. The number of aryl methyl sites for hydroxylation is 1. The molecule has 2 aromatic rings. The van der Waals surface area contributed by atoms with Gasteiger partial charge in [0.15, 0.2) is 0 Å². The number of nitrogens with one attached hydrogen (secondary N) is 1. The Hall–Kier alpha value is -2.38. The number of imidazole rings is 1. The van der Waals surface area contributed by atoms with Crippen LogP contribution in [0.5, 0.6) is 5.75 Å². The van der Waals surface area contributed by atoms with Crippen LogP contribution in [0, 0.1) is 0 Å². The molecule has 1 atom stereocenters. The molecule has 7 nitrogen and oxygen atoms in total. The lowest BCUT2D eigenvalue weighted by Gasteiger charge is -2.34. The number of aliphatic hydroxyl groups is 1. The first-order valence-corrected chi connectivity index (χ1v) is 9.35. The van der Waals surface area contributed by atoms with E-state index in [1.54, 1.807) is 6.20 Å². The molecule has 1 aliphatic heterocycles. The second-order valence-electron chi connectivity index (χ2n) is 7.17. The Balaban J connectivity index is 1.58. The van der Waals surface area contributed by atoms with Gasteiger partial charge in [-0.2, -0.15) is 0 Å². The van der Waals surface area contributed by atoms with Gasteiger partial charge in [0, 0.05) is 32.5 Å². The molecule has 0 aliphatic carbocycles. The summed E-state index contributed by atoms with van der Waals surface area (Å²) in [5, 5.41) is 11.8. The normalized spacial score (nSPS) is 20.0. The summed E-state index contributed by atoms with van der Waals surface area (Å²) in [5.41, 5.74) is 0.616. The number of ether oxygens (including phenoxy) is 1. The quantitative estimate of drug-likeness (QED) is 0.733. The molecule has 1 aromatic carbocycles. The van der Waals surface area contributed by atoms with Crippen LogP contribution in [0.25, 0.3) is 0 Å². The van der Waals surface area contributed by atoms with Gasteiger partial charge in [-0.3, -0.25) is 9.69 Å². The number of hydrogen-bond donors (Lipinski definition) is 2. The predicted octanol–water partition coefficient (Wildman–Crippen LogP) is 1.46. The lowest BCUT2D eigenvalue weighted by atomic mass is 9.97. The molecule has 1 amide bonds. The SMILES string of the molecule is Cn1ccnc1COc1ccc(CN2CCCC2(C)C(=O)NCCO)cc1. The molecule has 1 aliphatic rings. The van der Waals surface area contributed by atoms with Crippen molar-refractivity contribution in [3.05, 3.63) is 48.0 Å². The van der Waals surface area contributed by atoms with E-state index in [2.05, 4.69) is 15.2 Å². The van der Waals surface area contributed by atoms with Gasteiger partial charge in [-0.05, 0) is 44.0 Å². The summed E-state index contributed by atoms with van der Waals surface area (Å²) in [4.78, 5) is 19.0. The van der Waals surface area contributed by atoms with Gasteiger partial charge in [0.05, 0.1) is 12.1 Å². The second-order valence-corrected chi connectivity index (χ2v) is 7.17. The Labute approximate surface area is 160 Å². The largest absolute Gasteiger partial charge is 0.486 e. The predicted molar refractivity (Wildman–Crippen MR) is 102 cm³/mol. The summed E-state index contributed by atoms with van der Waals surface area (Å²) in [5.74, 6) is 1.66. The Bertz CT molecular complexity index is 759. The minimum atomic E-state index is -0.525.